The van der Waals surface area contributed by atoms with Crippen molar-refractivity contribution < 1.29 is 9.84 Å². The largest absolute Gasteiger partial charge is 0.483 e. The van der Waals surface area contributed by atoms with Gasteiger partial charge in [0.1, 0.15) is 5.75 Å². The number of rotatable bonds is 2. The number of hydrogen-bond acceptors (Lipinski definition) is 3. The SMILES string of the molecule is Cl.O[C@@]12Cc3c([nH]c4ccccc34)[C@@H]3Oc4cccc5c4[C@@]31CCN(CC1CC1)[C@H]2C5. The Balaban J connectivity index is 0.00000171. The minimum Gasteiger partial charge on any atom is -0.483 e. The number of aromatic amines is 1. The van der Waals surface area contributed by atoms with Gasteiger partial charge in [0, 0.05) is 35.5 Å². The van der Waals surface area contributed by atoms with Crippen molar-refractivity contribution in [3.63, 3.8) is 0 Å². The van der Waals surface area contributed by atoms with E-state index in [2.05, 4.69) is 52.3 Å². The van der Waals surface area contributed by atoms with E-state index < -0.39 is 5.60 Å². The van der Waals surface area contributed by atoms with Crippen LogP contribution in [0.5, 0.6) is 5.75 Å². The molecule has 3 aromatic rings. The van der Waals surface area contributed by atoms with Crippen LogP contribution in [0.1, 0.15) is 47.8 Å². The average Bonchev–Trinajstić information content (AvgIpc) is 3.39. The van der Waals surface area contributed by atoms with Crippen molar-refractivity contribution in [3.05, 3.63) is 64.8 Å². The summed E-state index contributed by atoms with van der Waals surface area (Å²) in [6.07, 6.45) is 5.20. The van der Waals surface area contributed by atoms with Crippen LogP contribution in [-0.2, 0) is 18.3 Å². The molecule has 0 radical (unpaired) electrons. The number of hydrogen-bond donors (Lipinski definition) is 2. The Labute approximate surface area is 188 Å². The van der Waals surface area contributed by atoms with Crippen molar-refractivity contribution in [2.24, 2.45) is 5.92 Å². The Morgan fingerprint density at radius 1 is 1.13 bits per heavy atom. The van der Waals surface area contributed by atoms with E-state index in [9.17, 15) is 5.11 Å². The normalized spacial score (nSPS) is 34.6. The molecule has 4 atom stereocenters. The number of H-pyrrole nitrogens is 1. The van der Waals surface area contributed by atoms with Gasteiger partial charge in [-0.2, -0.15) is 0 Å². The maximum absolute atomic E-state index is 12.7. The molecular weight excluding hydrogens is 408 g/mol. The first-order valence-corrected chi connectivity index (χ1v) is 11.5. The van der Waals surface area contributed by atoms with Crippen molar-refractivity contribution >= 4 is 23.3 Å². The number of piperidine rings is 1. The van der Waals surface area contributed by atoms with Gasteiger partial charge in [0.15, 0.2) is 6.10 Å². The van der Waals surface area contributed by atoms with Gasteiger partial charge in [0.2, 0.25) is 0 Å². The van der Waals surface area contributed by atoms with E-state index in [1.54, 1.807) is 0 Å². The van der Waals surface area contributed by atoms with Crippen LogP contribution in [0, 0.1) is 5.92 Å². The summed E-state index contributed by atoms with van der Waals surface area (Å²) in [6.45, 7) is 2.21. The summed E-state index contributed by atoms with van der Waals surface area (Å²) in [5.74, 6) is 1.83. The fourth-order valence-corrected chi connectivity index (χ4v) is 7.54. The fraction of sp³-hybridized carbons (Fsp3) is 0.462. The van der Waals surface area contributed by atoms with E-state index in [4.69, 9.17) is 4.74 Å². The number of benzene rings is 2. The minimum atomic E-state index is -0.789. The zero-order chi connectivity index (χ0) is 19.7. The molecule has 2 N–H and O–H groups in total. The standard InChI is InChI=1S/C26H26N2O2.ClH/c29-26-13-18-17-5-1-2-6-19(17)27-23(18)24-25(26)10-11-28(14-15-8-9-15)21(26)12-16-4-3-7-20(30-24)22(16)25;/h1-7,15,21,24,27,29H,8-14H2;1H/t21-,24-,25-,26+;/m0./s1. The molecule has 5 aliphatic rings. The molecule has 1 spiro atoms. The van der Waals surface area contributed by atoms with E-state index in [0.29, 0.717) is 6.42 Å². The second-order valence-corrected chi connectivity index (χ2v) is 10.3. The molecule has 2 fully saturated rings. The number of likely N-dealkylation sites (tertiary alicyclic amines) is 1. The van der Waals surface area contributed by atoms with Gasteiger partial charge < -0.3 is 14.8 Å². The molecule has 2 aliphatic heterocycles. The monoisotopic (exact) mass is 434 g/mol. The molecule has 0 unspecified atom stereocenters. The third-order valence-electron chi connectivity index (χ3n) is 8.97. The van der Waals surface area contributed by atoms with Crippen LogP contribution in [0.15, 0.2) is 42.5 Å². The maximum Gasteiger partial charge on any atom is 0.151 e. The van der Waals surface area contributed by atoms with Crippen molar-refractivity contribution in [2.45, 2.75) is 55.3 Å². The van der Waals surface area contributed by atoms with Gasteiger partial charge in [-0.3, -0.25) is 4.90 Å². The second-order valence-electron chi connectivity index (χ2n) is 10.3. The summed E-state index contributed by atoms with van der Waals surface area (Å²) in [4.78, 5) is 6.34. The van der Waals surface area contributed by atoms with Gasteiger partial charge in [-0.25, -0.2) is 0 Å². The molecule has 3 heterocycles. The van der Waals surface area contributed by atoms with Gasteiger partial charge in [-0.05, 0) is 61.4 Å². The predicted octanol–water partition coefficient (Wildman–Crippen LogP) is 4.29. The lowest BCUT2D eigenvalue weighted by Gasteiger charge is -2.62. The Bertz CT molecular complexity index is 1230. The van der Waals surface area contributed by atoms with E-state index in [0.717, 1.165) is 43.1 Å². The lowest BCUT2D eigenvalue weighted by Crippen LogP contribution is -2.74. The highest BCUT2D eigenvalue weighted by molar-refractivity contribution is 5.86. The highest BCUT2D eigenvalue weighted by Crippen LogP contribution is 2.67. The van der Waals surface area contributed by atoms with Crippen LogP contribution in [-0.4, -0.2) is 39.7 Å². The van der Waals surface area contributed by atoms with E-state index in [-0.39, 0.29) is 30.0 Å². The number of para-hydroxylation sites is 1. The van der Waals surface area contributed by atoms with Crippen LogP contribution >= 0.6 is 12.4 Å². The molecule has 1 saturated heterocycles. The third-order valence-corrected chi connectivity index (χ3v) is 8.97. The number of nitrogens with one attached hydrogen (secondary N) is 1. The van der Waals surface area contributed by atoms with Crippen LogP contribution in [0.3, 0.4) is 0 Å². The fourth-order valence-electron chi connectivity index (χ4n) is 7.54. The number of aromatic nitrogens is 1. The lowest BCUT2D eigenvalue weighted by molar-refractivity contribution is -0.173. The summed E-state index contributed by atoms with van der Waals surface area (Å²) >= 11 is 0. The van der Waals surface area contributed by atoms with Crippen LogP contribution in [0.4, 0.5) is 0 Å². The zero-order valence-corrected chi connectivity index (χ0v) is 18.3. The predicted molar refractivity (Wildman–Crippen MR) is 122 cm³/mol. The Kier molecular flexibility index (Phi) is 3.51. The minimum absolute atomic E-state index is 0. The van der Waals surface area contributed by atoms with E-state index in [1.807, 2.05) is 0 Å². The number of aliphatic hydroxyl groups is 1. The molecule has 5 heteroatoms. The van der Waals surface area contributed by atoms with Crippen molar-refractivity contribution in [1.29, 1.82) is 0 Å². The molecule has 8 rings (SSSR count). The van der Waals surface area contributed by atoms with E-state index >= 15 is 0 Å². The highest BCUT2D eigenvalue weighted by atomic mass is 35.5. The Morgan fingerprint density at radius 3 is 2.87 bits per heavy atom. The lowest BCUT2D eigenvalue weighted by atomic mass is 9.49. The first-order chi connectivity index (χ1) is 14.7. The van der Waals surface area contributed by atoms with Crippen molar-refractivity contribution in [3.8, 4) is 5.75 Å². The molecule has 31 heavy (non-hydrogen) atoms. The molecule has 2 bridgehead atoms. The molecule has 0 amide bonds. The van der Waals surface area contributed by atoms with Gasteiger partial charge in [-0.1, -0.05) is 30.3 Å². The zero-order valence-electron chi connectivity index (χ0n) is 17.4. The Hall–Kier alpha value is -2.01. The summed E-state index contributed by atoms with van der Waals surface area (Å²) in [7, 11) is 0. The quantitative estimate of drug-likeness (QED) is 0.632. The third kappa shape index (κ3) is 2.05. The number of fused-ring (bicyclic) bond motifs is 4. The second kappa shape index (κ2) is 5.86. The number of ether oxygens (including phenoxy) is 1. The molecule has 3 aliphatic carbocycles. The molecule has 1 saturated carbocycles. The molecular formula is C26H27ClN2O2. The first kappa shape index (κ1) is 18.6. The van der Waals surface area contributed by atoms with Gasteiger partial charge >= 0.3 is 0 Å². The van der Waals surface area contributed by atoms with Crippen LogP contribution < -0.4 is 4.74 Å². The van der Waals surface area contributed by atoms with E-state index in [1.165, 1.54) is 40.6 Å². The van der Waals surface area contributed by atoms with Gasteiger partial charge in [0.05, 0.1) is 16.7 Å². The first-order valence-electron chi connectivity index (χ1n) is 11.5. The number of nitrogens with zero attached hydrogens (tertiary/aromatic N) is 1. The summed E-state index contributed by atoms with van der Waals surface area (Å²) in [5.41, 5.74) is 5.19. The maximum atomic E-state index is 12.7. The average molecular weight is 435 g/mol. The topological polar surface area (TPSA) is 48.5 Å². The van der Waals surface area contributed by atoms with Gasteiger partial charge in [0.25, 0.3) is 0 Å². The van der Waals surface area contributed by atoms with Gasteiger partial charge in [-0.15, -0.1) is 12.4 Å². The number of halogens is 1. The van der Waals surface area contributed by atoms with Crippen LogP contribution in [0.2, 0.25) is 0 Å². The molecule has 2 aromatic carbocycles. The molecule has 4 nitrogen and oxygen atoms in total. The highest BCUT2D eigenvalue weighted by Gasteiger charge is 2.72. The Morgan fingerprint density at radius 2 is 2.00 bits per heavy atom. The molecule has 1 aromatic heterocycles. The van der Waals surface area contributed by atoms with Crippen molar-refractivity contribution in [1.82, 2.24) is 9.88 Å². The summed E-state index contributed by atoms with van der Waals surface area (Å²) in [5, 5.41) is 13.9. The smallest absolute Gasteiger partial charge is 0.151 e. The molecule has 160 valence electrons. The summed E-state index contributed by atoms with van der Waals surface area (Å²) in [6, 6.07) is 15.2. The van der Waals surface area contributed by atoms with Crippen molar-refractivity contribution in [2.75, 3.05) is 13.1 Å². The summed E-state index contributed by atoms with van der Waals surface area (Å²) < 4.78 is 6.72. The van der Waals surface area contributed by atoms with Crippen LogP contribution in [0.25, 0.3) is 10.9 Å².